The molecule has 0 amide bonds. The predicted octanol–water partition coefficient (Wildman–Crippen LogP) is 7.30. The Kier molecular flexibility index (Phi) is 7.13. The first-order valence-electron chi connectivity index (χ1n) is 15.2. The molecule has 0 spiro atoms. The average Bonchev–Trinajstić information content (AvgIpc) is 3.32. The molecule has 6 unspecified atom stereocenters. The van der Waals surface area contributed by atoms with Gasteiger partial charge in [0.05, 0.1) is 11.1 Å². The minimum absolute atomic E-state index is 0.0317. The number of ether oxygens (including phenoxy) is 2. The summed E-state index contributed by atoms with van der Waals surface area (Å²) in [6.45, 7) is 6.53. The number of ketones is 1. The van der Waals surface area contributed by atoms with Gasteiger partial charge in [0, 0.05) is 11.8 Å². The Labute approximate surface area is 238 Å². The molecule has 212 valence electrons. The van der Waals surface area contributed by atoms with Crippen LogP contribution in [-0.4, -0.2) is 29.9 Å². The maximum atomic E-state index is 13.4. The monoisotopic (exact) mass is 542 g/mol. The molecule has 5 nitrogen and oxygen atoms in total. The number of hydrogen-bond acceptors (Lipinski definition) is 5. The van der Waals surface area contributed by atoms with E-state index in [-0.39, 0.29) is 46.8 Å². The smallest absolute Gasteiger partial charge is 0.338 e. The quantitative estimate of drug-likeness (QED) is 0.371. The van der Waals surface area contributed by atoms with Gasteiger partial charge < -0.3 is 9.47 Å². The molecule has 0 saturated heterocycles. The second-order valence-corrected chi connectivity index (χ2v) is 13.5. The van der Waals surface area contributed by atoms with Crippen molar-refractivity contribution in [1.82, 2.24) is 0 Å². The van der Waals surface area contributed by atoms with E-state index in [9.17, 15) is 14.4 Å². The Morgan fingerprint density at radius 1 is 0.700 bits per heavy atom. The van der Waals surface area contributed by atoms with Gasteiger partial charge in [-0.25, -0.2) is 9.59 Å². The average molecular weight is 543 g/mol. The predicted molar refractivity (Wildman–Crippen MR) is 153 cm³/mol. The van der Waals surface area contributed by atoms with Gasteiger partial charge in [0.15, 0.2) is 0 Å². The van der Waals surface area contributed by atoms with Crippen LogP contribution in [0.3, 0.4) is 0 Å². The number of hydrogen-bond donors (Lipinski definition) is 0. The van der Waals surface area contributed by atoms with Gasteiger partial charge in [-0.2, -0.15) is 0 Å². The van der Waals surface area contributed by atoms with E-state index in [2.05, 4.69) is 13.8 Å². The maximum absolute atomic E-state index is 13.4. The zero-order chi connectivity index (χ0) is 28.1. The normalized spacial score (nSPS) is 38.3. The summed E-state index contributed by atoms with van der Waals surface area (Å²) in [6.07, 6.45) is 7.20. The van der Waals surface area contributed by atoms with E-state index in [0.717, 1.165) is 51.4 Å². The van der Waals surface area contributed by atoms with Gasteiger partial charge in [0.25, 0.3) is 0 Å². The number of rotatable bonds is 5. The molecule has 0 aromatic heterocycles. The lowest BCUT2D eigenvalue weighted by Gasteiger charge is -2.62. The topological polar surface area (TPSA) is 69.7 Å². The molecule has 9 atom stereocenters. The van der Waals surface area contributed by atoms with Crippen LogP contribution in [0.15, 0.2) is 60.7 Å². The number of carbonyl (C=O) groups excluding carboxylic acids is 3. The van der Waals surface area contributed by atoms with Crippen LogP contribution in [0.2, 0.25) is 0 Å². The van der Waals surface area contributed by atoms with Gasteiger partial charge in [-0.3, -0.25) is 4.79 Å². The first kappa shape index (κ1) is 27.2. The van der Waals surface area contributed by atoms with Crippen molar-refractivity contribution < 1.29 is 23.9 Å². The highest BCUT2D eigenvalue weighted by Gasteiger charge is 2.64. The van der Waals surface area contributed by atoms with E-state index in [1.54, 1.807) is 19.1 Å². The van der Waals surface area contributed by atoms with E-state index >= 15 is 0 Å². The first-order chi connectivity index (χ1) is 19.2. The van der Waals surface area contributed by atoms with E-state index in [4.69, 9.17) is 9.47 Å². The van der Waals surface area contributed by atoms with Crippen molar-refractivity contribution in [2.24, 2.45) is 40.4 Å². The van der Waals surface area contributed by atoms with Crippen LogP contribution in [0.4, 0.5) is 0 Å². The molecule has 4 fully saturated rings. The third-order valence-corrected chi connectivity index (χ3v) is 11.7. The summed E-state index contributed by atoms with van der Waals surface area (Å²) in [5.41, 5.74) is 1.24. The van der Waals surface area contributed by atoms with Crippen molar-refractivity contribution in [1.29, 1.82) is 0 Å². The van der Waals surface area contributed by atoms with Crippen LogP contribution < -0.4 is 0 Å². The third-order valence-electron chi connectivity index (χ3n) is 11.7. The molecule has 4 aliphatic rings. The van der Waals surface area contributed by atoms with E-state index in [0.29, 0.717) is 34.7 Å². The summed E-state index contributed by atoms with van der Waals surface area (Å²) < 4.78 is 12.5. The lowest BCUT2D eigenvalue weighted by molar-refractivity contribution is -0.175. The van der Waals surface area contributed by atoms with Crippen molar-refractivity contribution in [2.45, 2.75) is 84.3 Å². The molecular weight excluding hydrogens is 500 g/mol. The van der Waals surface area contributed by atoms with Crippen LogP contribution in [0.5, 0.6) is 0 Å². The van der Waals surface area contributed by atoms with Crippen molar-refractivity contribution in [3.05, 3.63) is 71.8 Å². The highest BCUT2D eigenvalue weighted by molar-refractivity contribution is 5.90. The third kappa shape index (κ3) is 4.59. The van der Waals surface area contributed by atoms with Crippen molar-refractivity contribution in [2.75, 3.05) is 0 Å². The highest BCUT2D eigenvalue weighted by atomic mass is 16.5. The molecule has 0 aliphatic heterocycles. The molecule has 2 aromatic rings. The molecule has 5 heteroatoms. The fraction of sp³-hybridized carbons (Fsp3) is 0.571. The van der Waals surface area contributed by atoms with Gasteiger partial charge in [-0.15, -0.1) is 0 Å². The van der Waals surface area contributed by atoms with Gasteiger partial charge in [-0.05, 0) is 111 Å². The van der Waals surface area contributed by atoms with Gasteiger partial charge in [0.2, 0.25) is 0 Å². The Hall–Kier alpha value is -2.95. The standard InChI is InChI=1S/C35H42O5/c1-22(36)27-14-15-28-31-29(17-19-35(27,28)3)34(2)18-16-26(39-32(37)23-10-6-4-7-11-23)20-25(34)21-30(31)40-33(38)24-12-8-5-9-13-24/h4-13,25-31H,14-21H2,1-3H3/t25?,26-,27?,28?,29?,30?,31?,34-,35+/m0/s1. The van der Waals surface area contributed by atoms with Gasteiger partial charge >= 0.3 is 11.9 Å². The zero-order valence-corrected chi connectivity index (χ0v) is 24.0. The second-order valence-electron chi connectivity index (χ2n) is 13.5. The van der Waals surface area contributed by atoms with E-state index in [1.165, 1.54) is 0 Å². The summed E-state index contributed by atoms with van der Waals surface area (Å²) in [5.74, 6) is 1.24. The first-order valence-corrected chi connectivity index (χ1v) is 15.2. The van der Waals surface area contributed by atoms with Crippen LogP contribution in [0, 0.1) is 40.4 Å². The largest absolute Gasteiger partial charge is 0.459 e. The lowest BCUT2D eigenvalue weighted by Crippen LogP contribution is -2.59. The van der Waals surface area contributed by atoms with E-state index in [1.807, 2.05) is 48.5 Å². The summed E-state index contributed by atoms with van der Waals surface area (Å²) >= 11 is 0. The number of carbonyl (C=O) groups is 3. The molecule has 0 N–H and O–H groups in total. The Balaban J connectivity index is 1.28. The Morgan fingerprint density at radius 3 is 1.90 bits per heavy atom. The summed E-state index contributed by atoms with van der Waals surface area (Å²) in [6, 6.07) is 18.5. The molecule has 6 rings (SSSR count). The second kappa shape index (κ2) is 10.5. The molecule has 0 heterocycles. The molecule has 40 heavy (non-hydrogen) atoms. The molecular formula is C35H42O5. The fourth-order valence-corrected chi connectivity index (χ4v) is 9.63. The molecule has 0 radical (unpaired) electrons. The lowest BCUT2D eigenvalue weighted by atomic mass is 9.44. The van der Waals surface area contributed by atoms with Crippen LogP contribution in [0.1, 0.15) is 92.9 Å². The summed E-state index contributed by atoms with van der Waals surface area (Å²) in [5, 5.41) is 0. The molecule has 4 saturated carbocycles. The zero-order valence-electron chi connectivity index (χ0n) is 24.0. The molecule has 4 aliphatic carbocycles. The van der Waals surface area contributed by atoms with Crippen molar-refractivity contribution in [3.63, 3.8) is 0 Å². The highest BCUT2D eigenvalue weighted by Crippen LogP contribution is 2.68. The fourth-order valence-electron chi connectivity index (χ4n) is 9.63. The molecule has 0 bridgehead atoms. The molecule has 2 aromatic carbocycles. The number of fused-ring (bicyclic) bond motifs is 5. The minimum atomic E-state index is -0.260. The van der Waals surface area contributed by atoms with E-state index < -0.39 is 0 Å². The summed E-state index contributed by atoms with van der Waals surface area (Å²) in [4.78, 5) is 39.0. The Morgan fingerprint density at radius 2 is 1.27 bits per heavy atom. The maximum Gasteiger partial charge on any atom is 0.338 e. The minimum Gasteiger partial charge on any atom is -0.459 e. The van der Waals surface area contributed by atoms with Crippen molar-refractivity contribution in [3.8, 4) is 0 Å². The van der Waals surface area contributed by atoms with Crippen LogP contribution >= 0.6 is 0 Å². The van der Waals surface area contributed by atoms with Crippen molar-refractivity contribution >= 4 is 17.7 Å². The van der Waals surface area contributed by atoms with Crippen LogP contribution in [0.25, 0.3) is 0 Å². The number of esters is 2. The SMILES string of the molecule is CC(=O)C1CCC2C3C(OC(=O)c4ccccc4)CC4C[C@@H](OC(=O)c5ccccc5)CC[C@]4(C)C3CC[C@]12C. The summed E-state index contributed by atoms with van der Waals surface area (Å²) in [7, 11) is 0. The number of Topliss-reactive ketones (excluding diaryl/α,β-unsaturated/α-hetero) is 1. The van der Waals surface area contributed by atoms with Crippen LogP contribution in [-0.2, 0) is 14.3 Å². The number of benzene rings is 2. The van der Waals surface area contributed by atoms with Gasteiger partial charge in [0.1, 0.15) is 18.0 Å². The Bertz CT molecular complexity index is 1260. The van der Waals surface area contributed by atoms with Gasteiger partial charge in [-0.1, -0.05) is 50.2 Å².